The smallest absolute Gasteiger partial charge is 0.339 e. The van der Waals surface area contributed by atoms with E-state index in [-0.39, 0.29) is 23.3 Å². The molecule has 6 heteroatoms. The zero-order valence-corrected chi connectivity index (χ0v) is 17.0. The first-order chi connectivity index (χ1) is 13.5. The van der Waals surface area contributed by atoms with Gasteiger partial charge in [0.15, 0.2) is 0 Å². The molecule has 1 aromatic carbocycles. The Bertz CT molecular complexity index is 638. The number of ether oxygens (including phenoxy) is 2. The van der Waals surface area contributed by atoms with Crippen LogP contribution in [0.4, 0.5) is 0 Å². The molecule has 0 heterocycles. The molecule has 156 valence electrons. The summed E-state index contributed by atoms with van der Waals surface area (Å²) in [5.41, 5.74) is -0.687. The summed E-state index contributed by atoms with van der Waals surface area (Å²) >= 11 is 0. The monoisotopic (exact) mass is 392 g/mol. The first-order valence-corrected chi connectivity index (χ1v) is 10.1. The van der Waals surface area contributed by atoms with Crippen LogP contribution in [0.5, 0.6) is 0 Å². The number of rotatable bonds is 14. The molecule has 0 unspecified atom stereocenters. The van der Waals surface area contributed by atoms with Crippen molar-refractivity contribution in [3.05, 3.63) is 34.9 Å². The average Bonchev–Trinajstić information content (AvgIpc) is 2.70. The van der Waals surface area contributed by atoms with Crippen LogP contribution in [-0.2, 0) is 9.47 Å². The van der Waals surface area contributed by atoms with Crippen LogP contribution < -0.4 is 0 Å². The summed E-state index contributed by atoms with van der Waals surface area (Å²) in [6.45, 7) is 2.45. The summed E-state index contributed by atoms with van der Waals surface area (Å²) < 4.78 is 9.78. The van der Waals surface area contributed by atoms with E-state index in [2.05, 4.69) is 11.7 Å². The maximum atomic E-state index is 12.3. The topological polar surface area (TPSA) is 89.9 Å². The molecule has 0 aliphatic carbocycles. The van der Waals surface area contributed by atoms with Gasteiger partial charge in [-0.15, -0.1) is 0 Å². The van der Waals surface area contributed by atoms with Gasteiger partial charge in [-0.25, -0.2) is 14.4 Å². The minimum absolute atomic E-state index is 0.137. The van der Waals surface area contributed by atoms with Crippen molar-refractivity contribution in [1.82, 2.24) is 0 Å². The standard InChI is InChI=1S/C22H32O6/c1-3-4-5-6-7-8-9-10-11-12-16-28-22(26)18-15-13-14-17(21(25)27-2)19(18)20(23)24/h13-15H,3-12,16H2,1-2H3,(H,23,24). The van der Waals surface area contributed by atoms with E-state index in [0.717, 1.165) is 26.4 Å². The largest absolute Gasteiger partial charge is 0.478 e. The summed E-state index contributed by atoms with van der Waals surface area (Å²) in [4.78, 5) is 35.5. The van der Waals surface area contributed by atoms with Crippen molar-refractivity contribution < 1.29 is 29.0 Å². The lowest BCUT2D eigenvalue weighted by atomic mass is 10.0. The summed E-state index contributed by atoms with van der Waals surface area (Å²) in [6, 6.07) is 4.10. The minimum atomic E-state index is -1.37. The van der Waals surface area contributed by atoms with E-state index >= 15 is 0 Å². The third kappa shape index (κ3) is 8.11. The van der Waals surface area contributed by atoms with Gasteiger partial charge in [0.2, 0.25) is 0 Å². The van der Waals surface area contributed by atoms with E-state index in [9.17, 15) is 19.5 Å². The minimum Gasteiger partial charge on any atom is -0.478 e. The fourth-order valence-electron chi connectivity index (χ4n) is 3.07. The third-order valence-corrected chi connectivity index (χ3v) is 4.63. The maximum absolute atomic E-state index is 12.3. The van der Waals surface area contributed by atoms with Crippen molar-refractivity contribution >= 4 is 17.9 Å². The van der Waals surface area contributed by atoms with E-state index in [1.807, 2.05) is 0 Å². The van der Waals surface area contributed by atoms with Crippen molar-refractivity contribution in [2.45, 2.75) is 71.1 Å². The molecule has 28 heavy (non-hydrogen) atoms. The molecule has 0 fully saturated rings. The van der Waals surface area contributed by atoms with Crippen LogP contribution in [0.2, 0.25) is 0 Å². The van der Waals surface area contributed by atoms with E-state index in [1.54, 1.807) is 0 Å². The lowest BCUT2D eigenvalue weighted by Crippen LogP contribution is -2.17. The molecule has 1 rings (SSSR count). The van der Waals surface area contributed by atoms with Gasteiger partial charge in [0.05, 0.1) is 30.4 Å². The normalized spacial score (nSPS) is 10.5. The molecule has 0 radical (unpaired) electrons. The number of carbonyl (C=O) groups is 3. The van der Waals surface area contributed by atoms with Gasteiger partial charge in [-0.05, 0) is 18.6 Å². The molecule has 0 aromatic heterocycles. The highest BCUT2D eigenvalue weighted by atomic mass is 16.5. The van der Waals surface area contributed by atoms with Crippen molar-refractivity contribution in [2.24, 2.45) is 0 Å². The molecule has 1 N–H and O–H groups in total. The second kappa shape index (κ2) is 13.7. The van der Waals surface area contributed by atoms with Crippen molar-refractivity contribution in [1.29, 1.82) is 0 Å². The zero-order chi connectivity index (χ0) is 20.8. The number of carbonyl (C=O) groups excluding carboxylic acids is 2. The highest BCUT2D eigenvalue weighted by Crippen LogP contribution is 2.18. The summed E-state index contributed by atoms with van der Waals surface area (Å²) in [7, 11) is 1.16. The fourth-order valence-corrected chi connectivity index (χ4v) is 3.07. The summed E-state index contributed by atoms with van der Waals surface area (Å²) in [5.74, 6) is -2.91. The molecule has 1 aromatic rings. The van der Waals surface area contributed by atoms with Gasteiger partial charge in [0, 0.05) is 0 Å². The molecule has 0 atom stereocenters. The summed E-state index contributed by atoms with van der Waals surface area (Å²) in [5, 5.41) is 9.38. The number of aromatic carboxylic acids is 1. The van der Waals surface area contributed by atoms with Crippen LogP contribution >= 0.6 is 0 Å². The molecule has 0 amide bonds. The molecule has 6 nitrogen and oxygen atoms in total. The highest BCUT2D eigenvalue weighted by molar-refractivity contribution is 6.09. The van der Waals surface area contributed by atoms with E-state index in [1.165, 1.54) is 63.1 Å². The first-order valence-electron chi connectivity index (χ1n) is 10.1. The molecule has 0 bridgehead atoms. The maximum Gasteiger partial charge on any atom is 0.339 e. The molecule has 0 aliphatic rings. The van der Waals surface area contributed by atoms with Crippen LogP contribution in [0.3, 0.4) is 0 Å². The van der Waals surface area contributed by atoms with E-state index < -0.39 is 17.9 Å². The quantitative estimate of drug-likeness (QED) is 0.343. The predicted molar refractivity (Wildman–Crippen MR) is 107 cm³/mol. The van der Waals surface area contributed by atoms with Crippen LogP contribution in [0.15, 0.2) is 18.2 Å². The van der Waals surface area contributed by atoms with Crippen molar-refractivity contribution in [2.75, 3.05) is 13.7 Å². The zero-order valence-electron chi connectivity index (χ0n) is 17.0. The Kier molecular flexibility index (Phi) is 11.6. The molecule has 0 saturated carbocycles. The average molecular weight is 392 g/mol. The van der Waals surface area contributed by atoms with Gasteiger partial charge in [0.25, 0.3) is 0 Å². The lowest BCUT2D eigenvalue weighted by Gasteiger charge is -2.10. The van der Waals surface area contributed by atoms with E-state index in [0.29, 0.717) is 0 Å². The third-order valence-electron chi connectivity index (χ3n) is 4.63. The lowest BCUT2D eigenvalue weighted by molar-refractivity contribution is 0.0486. The van der Waals surface area contributed by atoms with Crippen LogP contribution in [0.25, 0.3) is 0 Å². The molecule has 0 spiro atoms. The Balaban J connectivity index is 2.38. The Hall–Kier alpha value is -2.37. The van der Waals surface area contributed by atoms with Crippen molar-refractivity contribution in [3.8, 4) is 0 Å². The highest BCUT2D eigenvalue weighted by Gasteiger charge is 2.25. The predicted octanol–water partition coefficient (Wildman–Crippen LogP) is 5.25. The van der Waals surface area contributed by atoms with E-state index in [4.69, 9.17) is 4.74 Å². The molecule has 0 aliphatic heterocycles. The molecule has 0 saturated heterocycles. The van der Waals surface area contributed by atoms with Gasteiger partial charge in [0.1, 0.15) is 0 Å². The Morgan fingerprint density at radius 2 is 1.32 bits per heavy atom. The van der Waals surface area contributed by atoms with Gasteiger partial charge in [-0.2, -0.15) is 0 Å². The fraction of sp³-hybridized carbons (Fsp3) is 0.591. The Morgan fingerprint density at radius 1 is 0.821 bits per heavy atom. The number of carboxylic acids is 1. The number of carboxylic acid groups (broad SMARTS) is 1. The number of benzene rings is 1. The van der Waals surface area contributed by atoms with Crippen molar-refractivity contribution in [3.63, 3.8) is 0 Å². The number of unbranched alkanes of at least 4 members (excludes halogenated alkanes) is 9. The van der Waals surface area contributed by atoms with Gasteiger partial charge in [-0.1, -0.05) is 70.8 Å². The van der Waals surface area contributed by atoms with Crippen LogP contribution in [0, 0.1) is 0 Å². The number of hydrogen-bond donors (Lipinski definition) is 1. The van der Waals surface area contributed by atoms with Gasteiger partial charge in [-0.3, -0.25) is 0 Å². The van der Waals surface area contributed by atoms with Gasteiger partial charge < -0.3 is 14.6 Å². The number of hydrogen-bond acceptors (Lipinski definition) is 5. The first kappa shape index (κ1) is 23.7. The Morgan fingerprint density at radius 3 is 1.82 bits per heavy atom. The number of methoxy groups -OCH3 is 1. The molecular formula is C22H32O6. The number of esters is 2. The summed E-state index contributed by atoms with van der Waals surface area (Å²) in [6.07, 6.45) is 11.7. The van der Waals surface area contributed by atoms with Crippen LogP contribution in [0.1, 0.15) is 102 Å². The Labute approximate surface area is 167 Å². The second-order valence-electron chi connectivity index (χ2n) is 6.84. The second-order valence-corrected chi connectivity index (χ2v) is 6.84. The van der Waals surface area contributed by atoms with Gasteiger partial charge >= 0.3 is 17.9 Å². The SMILES string of the molecule is CCCCCCCCCCCCOC(=O)c1cccc(C(=O)OC)c1C(=O)O. The molecular weight excluding hydrogens is 360 g/mol. The van der Waals surface area contributed by atoms with Crippen LogP contribution in [-0.4, -0.2) is 36.7 Å².